The van der Waals surface area contributed by atoms with Crippen LogP contribution in [-0.2, 0) is 11.2 Å². The standard InChI is InChI=1S/C20H25ClN4O2/c1-2-27-18-10-11-22-20(23-18)25-14-12-24(13-15-25)19(26)5-3-4-16-6-8-17(21)9-7-16/h6-11H,2-5,12-15H2,1H3. The van der Waals surface area contributed by atoms with Crippen LogP contribution in [0.5, 0.6) is 5.88 Å². The molecule has 0 N–H and O–H groups in total. The summed E-state index contributed by atoms with van der Waals surface area (Å²) in [7, 11) is 0. The van der Waals surface area contributed by atoms with E-state index in [1.165, 1.54) is 5.56 Å². The number of ether oxygens (including phenoxy) is 1. The molecule has 0 saturated carbocycles. The number of rotatable bonds is 7. The van der Waals surface area contributed by atoms with Gasteiger partial charge in [-0.05, 0) is 37.5 Å². The van der Waals surface area contributed by atoms with Gasteiger partial charge >= 0.3 is 0 Å². The molecule has 2 aromatic rings. The number of carbonyl (C=O) groups excluding carboxylic acids is 1. The number of nitrogens with zero attached hydrogens (tertiary/aromatic N) is 4. The smallest absolute Gasteiger partial charge is 0.228 e. The number of halogens is 1. The number of amides is 1. The highest BCUT2D eigenvalue weighted by atomic mass is 35.5. The van der Waals surface area contributed by atoms with Crippen LogP contribution in [0.15, 0.2) is 36.5 Å². The highest BCUT2D eigenvalue weighted by Crippen LogP contribution is 2.16. The molecule has 0 spiro atoms. The van der Waals surface area contributed by atoms with Gasteiger partial charge in [0.25, 0.3) is 0 Å². The summed E-state index contributed by atoms with van der Waals surface area (Å²) in [6.07, 6.45) is 4.02. The van der Waals surface area contributed by atoms with Crippen molar-refractivity contribution in [3.63, 3.8) is 0 Å². The van der Waals surface area contributed by atoms with Crippen LogP contribution in [0.1, 0.15) is 25.3 Å². The van der Waals surface area contributed by atoms with E-state index in [2.05, 4.69) is 14.9 Å². The number of carbonyl (C=O) groups is 1. The molecule has 6 nitrogen and oxygen atoms in total. The molecule has 1 aliphatic rings. The number of anilines is 1. The Hall–Kier alpha value is -2.34. The van der Waals surface area contributed by atoms with Gasteiger partial charge in [0.2, 0.25) is 17.7 Å². The summed E-state index contributed by atoms with van der Waals surface area (Å²) in [5, 5.41) is 0.739. The zero-order valence-electron chi connectivity index (χ0n) is 15.6. The van der Waals surface area contributed by atoms with Crippen LogP contribution < -0.4 is 9.64 Å². The first-order valence-electron chi connectivity index (χ1n) is 9.38. The summed E-state index contributed by atoms with van der Waals surface area (Å²) >= 11 is 5.90. The van der Waals surface area contributed by atoms with Crippen molar-refractivity contribution in [2.75, 3.05) is 37.7 Å². The third-order valence-corrected chi connectivity index (χ3v) is 4.85. The largest absolute Gasteiger partial charge is 0.478 e. The lowest BCUT2D eigenvalue weighted by Crippen LogP contribution is -2.49. The van der Waals surface area contributed by atoms with E-state index in [9.17, 15) is 4.79 Å². The number of hydrogen-bond acceptors (Lipinski definition) is 5. The highest BCUT2D eigenvalue weighted by molar-refractivity contribution is 6.30. The normalized spacial score (nSPS) is 14.3. The zero-order chi connectivity index (χ0) is 19.1. The van der Waals surface area contributed by atoms with Gasteiger partial charge in [-0.2, -0.15) is 4.98 Å². The maximum Gasteiger partial charge on any atom is 0.228 e. The van der Waals surface area contributed by atoms with Crippen LogP contribution in [0.2, 0.25) is 5.02 Å². The molecule has 144 valence electrons. The van der Waals surface area contributed by atoms with Gasteiger partial charge in [0, 0.05) is 49.9 Å². The number of hydrogen-bond donors (Lipinski definition) is 0. The molecular formula is C20H25ClN4O2. The second kappa shape index (κ2) is 9.55. The Bertz CT molecular complexity index is 746. The molecule has 2 heterocycles. The van der Waals surface area contributed by atoms with Gasteiger partial charge in [-0.3, -0.25) is 4.79 Å². The molecule has 0 radical (unpaired) electrons. The van der Waals surface area contributed by atoms with Gasteiger partial charge < -0.3 is 14.5 Å². The number of benzene rings is 1. The summed E-state index contributed by atoms with van der Waals surface area (Å²) in [4.78, 5) is 25.2. The van der Waals surface area contributed by atoms with E-state index in [1.54, 1.807) is 12.3 Å². The monoisotopic (exact) mass is 388 g/mol. The van der Waals surface area contributed by atoms with Crippen molar-refractivity contribution in [1.29, 1.82) is 0 Å². The Balaban J connectivity index is 1.43. The van der Waals surface area contributed by atoms with Crippen LogP contribution in [0, 0.1) is 0 Å². The summed E-state index contributed by atoms with van der Waals surface area (Å²) in [6.45, 7) is 5.37. The molecule has 1 aromatic carbocycles. The third-order valence-electron chi connectivity index (χ3n) is 4.59. The van der Waals surface area contributed by atoms with Crippen LogP contribution >= 0.6 is 11.6 Å². The minimum absolute atomic E-state index is 0.215. The maximum atomic E-state index is 12.5. The molecule has 7 heteroatoms. The van der Waals surface area contributed by atoms with Gasteiger partial charge in [-0.25, -0.2) is 4.98 Å². The number of piperazine rings is 1. The molecule has 1 saturated heterocycles. The Morgan fingerprint density at radius 2 is 1.89 bits per heavy atom. The average molecular weight is 389 g/mol. The minimum atomic E-state index is 0.215. The fourth-order valence-corrected chi connectivity index (χ4v) is 3.25. The van der Waals surface area contributed by atoms with E-state index in [1.807, 2.05) is 36.1 Å². The van der Waals surface area contributed by atoms with Crippen molar-refractivity contribution < 1.29 is 9.53 Å². The van der Waals surface area contributed by atoms with Crippen LogP contribution in [0.4, 0.5) is 5.95 Å². The zero-order valence-corrected chi connectivity index (χ0v) is 16.4. The van der Waals surface area contributed by atoms with E-state index >= 15 is 0 Å². The van der Waals surface area contributed by atoms with Gasteiger partial charge in [0.1, 0.15) is 0 Å². The predicted octanol–water partition coefficient (Wildman–Crippen LogP) is 3.20. The van der Waals surface area contributed by atoms with Gasteiger partial charge in [0.05, 0.1) is 6.61 Å². The van der Waals surface area contributed by atoms with E-state index in [0.29, 0.717) is 37.9 Å². The first-order chi connectivity index (χ1) is 13.2. The Labute approximate surface area is 165 Å². The first kappa shape index (κ1) is 19.4. The summed E-state index contributed by atoms with van der Waals surface area (Å²) in [6, 6.07) is 9.57. The molecule has 1 aliphatic heterocycles. The summed E-state index contributed by atoms with van der Waals surface area (Å²) in [5.74, 6) is 1.46. The topological polar surface area (TPSA) is 58.6 Å². The lowest BCUT2D eigenvalue weighted by molar-refractivity contribution is -0.131. The molecule has 1 aromatic heterocycles. The van der Waals surface area contributed by atoms with Crippen molar-refractivity contribution in [2.24, 2.45) is 0 Å². The highest BCUT2D eigenvalue weighted by Gasteiger charge is 2.22. The van der Waals surface area contributed by atoms with Crippen molar-refractivity contribution in [3.05, 3.63) is 47.1 Å². The Kier molecular flexibility index (Phi) is 6.87. The lowest BCUT2D eigenvalue weighted by atomic mass is 10.1. The molecular weight excluding hydrogens is 364 g/mol. The van der Waals surface area contributed by atoms with Gasteiger partial charge in [-0.15, -0.1) is 0 Å². The quantitative estimate of drug-likeness (QED) is 0.729. The van der Waals surface area contributed by atoms with Gasteiger partial charge in [-0.1, -0.05) is 23.7 Å². The van der Waals surface area contributed by atoms with E-state index in [-0.39, 0.29) is 5.91 Å². The molecule has 1 fully saturated rings. The molecule has 0 unspecified atom stereocenters. The molecule has 0 bridgehead atoms. The molecule has 0 atom stereocenters. The minimum Gasteiger partial charge on any atom is -0.478 e. The Morgan fingerprint density at radius 1 is 1.15 bits per heavy atom. The predicted molar refractivity (Wildman–Crippen MR) is 106 cm³/mol. The number of aryl methyl sites for hydroxylation is 1. The van der Waals surface area contributed by atoms with E-state index in [4.69, 9.17) is 16.3 Å². The van der Waals surface area contributed by atoms with E-state index in [0.717, 1.165) is 31.0 Å². The average Bonchev–Trinajstić information content (AvgIpc) is 2.70. The maximum absolute atomic E-state index is 12.5. The fourth-order valence-electron chi connectivity index (χ4n) is 3.12. The van der Waals surface area contributed by atoms with Crippen LogP contribution in [0.3, 0.4) is 0 Å². The van der Waals surface area contributed by atoms with Crippen molar-refractivity contribution >= 4 is 23.5 Å². The second-order valence-corrected chi connectivity index (χ2v) is 6.91. The van der Waals surface area contributed by atoms with Crippen molar-refractivity contribution in [1.82, 2.24) is 14.9 Å². The molecule has 27 heavy (non-hydrogen) atoms. The molecule has 1 amide bonds. The lowest BCUT2D eigenvalue weighted by Gasteiger charge is -2.34. The van der Waals surface area contributed by atoms with Gasteiger partial charge in [0.15, 0.2) is 0 Å². The van der Waals surface area contributed by atoms with Crippen LogP contribution in [0.25, 0.3) is 0 Å². The second-order valence-electron chi connectivity index (χ2n) is 6.48. The number of aromatic nitrogens is 2. The third kappa shape index (κ3) is 5.57. The first-order valence-corrected chi connectivity index (χ1v) is 9.76. The van der Waals surface area contributed by atoms with Crippen LogP contribution in [-0.4, -0.2) is 53.6 Å². The molecule has 0 aliphatic carbocycles. The fraction of sp³-hybridized carbons (Fsp3) is 0.450. The summed E-state index contributed by atoms with van der Waals surface area (Å²) in [5.41, 5.74) is 1.21. The van der Waals surface area contributed by atoms with Crippen molar-refractivity contribution in [3.8, 4) is 5.88 Å². The SMILES string of the molecule is CCOc1ccnc(N2CCN(C(=O)CCCc3ccc(Cl)cc3)CC2)n1. The van der Waals surface area contributed by atoms with E-state index < -0.39 is 0 Å². The summed E-state index contributed by atoms with van der Waals surface area (Å²) < 4.78 is 5.43. The molecule has 3 rings (SSSR count). The Morgan fingerprint density at radius 3 is 2.59 bits per heavy atom. The van der Waals surface area contributed by atoms with Crippen molar-refractivity contribution in [2.45, 2.75) is 26.2 Å².